The van der Waals surface area contributed by atoms with Crippen molar-refractivity contribution in [2.75, 3.05) is 13.1 Å². The van der Waals surface area contributed by atoms with Gasteiger partial charge in [-0.3, -0.25) is 4.90 Å². The second-order valence-corrected chi connectivity index (χ2v) is 7.03. The lowest BCUT2D eigenvalue weighted by Gasteiger charge is -2.39. The topological polar surface area (TPSA) is 33.1 Å². The molecule has 0 bridgehead atoms. The molecule has 0 radical (unpaired) electrons. The van der Waals surface area contributed by atoms with E-state index < -0.39 is 0 Å². The van der Waals surface area contributed by atoms with Gasteiger partial charge in [0.15, 0.2) is 0 Å². The maximum absolute atomic E-state index is 4.50. The average molecular weight is 276 g/mol. The van der Waals surface area contributed by atoms with Gasteiger partial charge in [0, 0.05) is 37.6 Å². The van der Waals surface area contributed by atoms with Crippen molar-refractivity contribution in [1.82, 2.24) is 19.8 Å². The smallest absolute Gasteiger partial charge is 0.122 e. The number of hydrogen-bond acceptors (Lipinski definition) is 3. The molecule has 20 heavy (non-hydrogen) atoms. The fourth-order valence-electron chi connectivity index (χ4n) is 3.94. The number of imidazole rings is 1. The highest BCUT2D eigenvalue weighted by Gasteiger charge is 2.44. The Labute approximate surface area is 122 Å². The molecule has 1 aromatic heterocycles. The van der Waals surface area contributed by atoms with Gasteiger partial charge in [0.1, 0.15) is 5.82 Å². The van der Waals surface area contributed by atoms with Crippen molar-refractivity contribution in [3.05, 3.63) is 18.2 Å². The highest BCUT2D eigenvalue weighted by Crippen LogP contribution is 2.40. The summed E-state index contributed by atoms with van der Waals surface area (Å²) in [5, 5.41) is 3.82. The van der Waals surface area contributed by atoms with E-state index in [0.717, 1.165) is 26.2 Å². The van der Waals surface area contributed by atoms with E-state index in [9.17, 15) is 0 Å². The summed E-state index contributed by atoms with van der Waals surface area (Å²) in [6.45, 7) is 11.5. The molecule has 1 aromatic rings. The first-order valence-corrected chi connectivity index (χ1v) is 8.09. The largest absolute Gasteiger partial charge is 0.333 e. The van der Waals surface area contributed by atoms with Gasteiger partial charge in [-0.05, 0) is 31.2 Å². The van der Waals surface area contributed by atoms with Crippen LogP contribution in [-0.4, -0.2) is 39.6 Å². The predicted molar refractivity (Wildman–Crippen MR) is 81.5 cm³/mol. The Morgan fingerprint density at radius 2 is 2.25 bits per heavy atom. The SMILES string of the molecule is CCCNC1C(N2CCn3ccnc3C2)CCC1(C)C. The van der Waals surface area contributed by atoms with Crippen LogP contribution in [0.4, 0.5) is 0 Å². The molecule has 2 heterocycles. The lowest BCUT2D eigenvalue weighted by atomic mass is 9.86. The first kappa shape index (κ1) is 14.1. The predicted octanol–water partition coefficient (Wildman–Crippen LogP) is 2.26. The first-order chi connectivity index (χ1) is 9.62. The fourth-order valence-corrected chi connectivity index (χ4v) is 3.94. The Bertz CT molecular complexity index is 451. The normalized spacial score (nSPS) is 29.6. The molecule has 1 N–H and O–H groups in total. The maximum atomic E-state index is 4.50. The fraction of sp³-hybridized carbons (Fsp3) is 0.812. The minimum atomic E-state index is 0.409. The molecule has 0 aromatic carbocycles. The Balaban J connectivity index is 1.73. The van der Waals surface area contributed by atoms with E-state index in [0.29, 0.717) is 17.5 Å². The highest BCUT2D eigenvalue weighted by atomic mass is 15.3. The molecule has 2 aliphatic rings. The Morgan fingerprint density at radius 1 is 1.40 bits per heavy atom. The molecule has 0 spiro atoms. The molecule has 4 nitrogen and oxygen atoms in total. The summed E-state index contributed by atoms with van der Waals surface area (Å²) in [4.78, 5) is 7.16. The second kappa shape index (κ2) is 5.49. The van der Waals surface area contributed by atoms with E-state index in [1.165, 1.54) is 25.1 Å². The van der Waals surface area contributed by atoms with Crippen molar-refractivity contribution in [2.24, 2.45) is 5.41 Å². The van der Waals surface area contributed by atoms with Crippen LogP contribution in [0.2, 0.25) is 0 Å². The minimum Gasteiger partial charge on any atom is -0.333 e. The monoisotopic (exact) mass is 276 g/mol. The molecular weight excluding hydrogens is 248 g/mol. The number of fused-ring (bicyclic) bond motifs is 1. The quantitative estimate of drug-likeness (QED) is 0.915. The highest BCUT2D eigenvalue weighted by molar-refractivity contribution is 5.04. The van der Waals surface area contributed by atoms with Gasteiger partial charge in [-0.15, -0.1) is 0 Å². The zero-order valence-corrected chi connectivity index (χ0v) is 13.1. The number of rotatable bonds is 4. The third-order valence-electron chi connectivity index (χ3n) is 5.17. The average Bonchev–Trinajstić information content (AvgIpc) is 2.99. The summed E-state index contributed by atoms with van der Waals surface area (Å²) in [6, 6.07) is 1.28. The van der Waals surface area contributed by atoms with Crippen LogP contribution in [0.25, 0.3) is 0 Å². The van der Waals surface area contributed by atoms with Crippen molar-refractivity contribution in [1.29, 1.82) is 0 Å². The van der Waals surface area contributed by atoms with Crippen LogP contribution in [0.15, 0.2) is 12.4 Å². The van der Waals surface area contributed by atoms with Crippen molar-refractivity contribution in [3.63, 3.8) is 0 Å². The summed E-state index contributed by atoms with van der Waals surface area (Å²) >= 11 is 0. The summed E-state index contributed by atoms with van der Waals surface area (Å²) in [5.74, 6) is 1.23. The summed E-state index contributed by atoms with van der Waals surface area (Å²) in [6.07, 6.45) is 7.89. The van der Waals surface area contributed by atoms with Crippen molar-refractivity contribution < 1.29 is 0 Å². The van der Waals surface area contributed by atoms with Crippen LogP contribution in [0.3, 0.4) is 0 Å². The molecule has 4 heteroatoms. The first-order valence-electron chi connectivity index (χ1n) is 8.09. The van der Waals surface area contributed by atoms with Gasteiger partial charge in [-0.25, -0.2) is 4.98 Å². The third kappa shape index (κ3) is 2.51. The van der Waals surface area contributed by atoms with Gasteiger partial charge in [0.25, 0.3) is 0 Å². The Hall–Kier alpha value is -0.870. The number of nitrogens with zero attached hydrogens (tertiary/aromatic N) is 3. The van der Waals surface area contributed by atoms with E-state index in [1.54, 1.807) is 0 Å². The van der Waals surface area contributed by atoms with E-state index in [-0.39, 0.29) is 0 Å². The van der Waals surface area contributed by atoms with Gasteiger partial charge in [0.05, 0.1) is 6.54 Å². The summed E-state index contributed by atoms with van der Waals surface area (Å²) in [5.41, 5.74) is 0.409. The number of hydrogen-bond donors (Lipinski definition) is 1. The molecule has 1 fully saturated rings. The molecule has 2 unspecified atom stereocenters. The van der Waals surface area contributed by atoms with E-state index in [2.05, 4.69) is 46.7 Å². The molecule has 3 rings (SSSR count). The third-order valence-corrected chi connectivity index (χ3v) is 5.17. The van der Waals surface area contributed by atoms with Crippen LogP contribution in [0, 0.1) is 5.41 Å². The van der Waals surface area contributed by atoms with Gasteiger partial charge in [-0.2, -0.15) is 0 Å². The molecule has 1 aliphatic carbocycles. The van der Waals surface area contributed by atoms with E-state index in [4.69, 9.17) is 0 Å². The zero-order valence-electron chi connectivity index (χ0n) is 13.1. The lowest BCUT2D eigenvalue weighted by Crippen LogP contribution is -2.53. The van der Waals surface area contributed by atoms with Crippen LogP contribution < -0.4 is 5.32 Å². The van der Waals surface area contributed by atoms with Crippen LogP contribution >= 0.6 is 0 Å². The van der Waals surface area contributed by atoms with Gasteiger partial charge in [0.2, 0.25) is 0 Å². The minimum absolute atomic E-state index is 0.409. The molecular formula is C16H28N4. The Kier molecular flexibility index (Phi) is 3.87. The summed E-state index contributed by atoms with van der Waals surface area (Å²) < 4.78 is 2.30. The summed E-state index contributed by atoms with van der Waals surface area (Å²) in [7, 11) is 0. The molecule has 0 saturated heterocycles. The Morgan fingerprint density at radius 3 is 3.05 bits per heavy atom. The number of aromatic nitrogens is 2. The van der Waals surface area contributed by atoms with Crippen LogP contribution in [-0.2, 0) is 13.1 Å². The van der Waals surface area contributed by atoms with Crippen molar-refractivity contribution in [3.8, 4) is 0 Å². The van der Waals surface area contributed by atoms with Crippen molar-refractivity contribution in [2.45, 2.75) is 65.2 Å². The maximum Gasteiger partial charge on any atom is 0.122 e. The second-order valence-electron chi connectivity index (χ2n) is 7.03. The van der Waals surface area contributed by atoms with E-state index in [1.807, 2.05) is 6.20 Å². The molecule has 1 aliphatic heterocycles. The van der Waals surface area contributed by atoms with Gasteiger partial charge >= 0.3 is 0 Å². The van der Waals surface area contributed by atoms with Crippen LogP contribution in [0.5, 0.6) is 0 Å². The zero-order chi connectivity index (χ0) is 14.2. The van der Waals surface area contributed by atoms with Gasteiger partial charge in [-0.1, -0.05) is 20.8 Å². The standard InChI is InChI=1S/C16H28N4/c1-4-7-18-15-13(5-6-16(15,2)3)20-11-10-19-9-8-17-14(19)12-20/h8-9,13,15,18H,4-7,10-12H2,1-3H3. The van der Waals surface area contributed by atoms with E-state index >= 15 is 0 Å². The molecule has 1 saturated carbocycles. The van der Waals surface area contributed by atoms with Crippen molar-refractivity contribution >= 4 is 0 Å². The van der Waals surface area contributed by atoms with Gasteiger partial charge < -0.3 is 9.88 Å². The molecule has 0 amide bonds. The molecule has 2 atom stereocenters. The number of nitrogens with one attached hydrogen (secondary N) is 1. The van der Waals surface area contributed by atoms with Crippen LogP contribution in [0.1, 0.15) is 45.9 Å². The molecule has 112 valence electrons. The lowest BCUT2D eigenvalue weighted by molar-refractivity contribution is 0.114.